The lowest BCUT2D eigenvalue weighted by molar-refractivity contribution is -0.143. The van der Waals surface area contributed by atoms with Crippen molar-refractivity contribution in [3.8, 4) is 0 Å². The fourth-order valence-corrected chi connectivity index (χ4v) is 2.86. The Kier molecular flexibility index (Phi) is 6.65. The summed E-state index contributed by atoms with van der Waals surface area (Å²) in [6.45, 7) is 5.19. The quantitative estimate of drug-likeness (QED) is 0.660. The molecule has 0 aromatic rings. The normalized spacial score (nSPS) is 18.3. The second kappa shape index (κ2) is 8.00. The summed E-state index contributed by atoms with van der Waals surface area (Å²) >= 11 is 0. The summed E-state index contributed by atoms with van der Waals surface area (Å²) in [7, 11) is 0. The first kappa shape index (κ1) is 17.5. The third-order valence-electron chi connectivity index (χ3n) is 3.83. The van der Waals surface area contributed by atoms with Gasteiger partial charge in [0.25, 0.3) is 0 Å². The minimum atomic E-state index is -1.04. The van der Waals surface area contributed by atoms with Crippen molar-refractivity contribution in [1.29, 1.82) is 0 Å². The maximum Gasteiger partial charge on any atom is 0.326 e. The molecule has 2 atom stereocenters. The number of hydrogen-bond donors (Lipinski definition) is 3. The van der Waals surface area contributed by atoms with Crippen LogP contribution in [-0.2, 0) is 14.4 Å². The number of carboxylic acids is 1. The topological polar surface area (TPSA) is 95.5 Å². The number of carboxylic acid groups (broad SMARTS) is 1. The first-order chi connectivity index (χ1) is 9.81. The largest absolute Gasteiger partial charge is 0.480 e. The van der Waals surface area contributed by atoms with Gasteiger partial charge in [-0.25, -0.2) is 4.79 Å². The van der Waals surface area contributed by atoms with E-state index in [0.29, 0.717) is 6.42 Å². The molecule has 0 heterocycles. The minimum absolute atomic E-state index is 0.0994. The number of rotatable bonds is 7. The van der Waals surface area contributed by atoms with Crippen LogP contribution in [0.3, 0.4) is 0 Å². The van der Waals surface area contributed by atoms with Crippen LogP contribution in [0.1, 0.15) is 52.9 Å². The summed E-state index contributed by atoms with van der Waals surface area (Å²) in [6.07, 6.45) is 4.24. The first-order valence-corrected chi connectivity index (χ1v) is 7.61. The number of aliphatic carboxylic acids is 1. The van der Waals surface area contributed by atoms with E-state index in [-0.39, 0.29) is 23.7 Å². The molecule has 1 rings (SSSR count). The molecule has 0 saturated heterocycles. The molecule has 1 unspecified atom stereocenters. The van der Waals surface area contributed by atoms with Crippen molar-refractivity contribution >= 4 is 17.8 Å². The third-order valence-corrected chi connectivity index (χ3v) is 3.83. The molecule has 6 nitrogen and oxygen atoms in total. The van der Waals surface area contributed by atoms with Gasteiger partial charge < -0.3 is 15.7 Å². The zero-order valence-electron chi connectivity index (χ0n) is 13.0. The fourth-order valence-electron chi connectivity index (χ4n) is 2.86. The predicted octanol–water partition coefficient (Wildman–Crippen LogP) is 1.30. The monoisotopic (exact) mass is 298 g/mol. The van der Waals surface area contributed by atoms with Crippen LogP contribution in [0.5, 0.6) is 0 Å². The summed E-state index contributed by atoms with van der Waals surface area (Å²) < 4.78 is 0. The number of carbonyl (C=O) groups excluding carboxylic acids is 2. The predicted molar refractivity (Wildman–Crippen MR) is 78.6 cm³/mol. The average Bonchev–Trinajstić information content (AvgIpc) is 2.87. The van der Waals surface area contributed by atoms with Crippen LogP contribution in [-0.4, -0.2) is 35.0 Å². The molecule has 0 aromatic carbocycles. The molecule has 21 heavy (non-hydrogen) atoms. The van der Waals surface area contributed by atoms with E-state index < -0.39 is 18.1 Å². The van der Waals surface area contributed by atoms with E-state index in [9.17, 15) is 19.5 Å². The highest BCUT2D eigenvalue weighted by Crippen LogP contribution is 2.28. The Balaban J connectivity index is 2.73. The molecule has 2 amide bonds. The van der Waals surface area contributed by atoms with E-state index in [1.54, 1.807) is 0 Å². The van der Waals surface area contributed by atoms with Gasteiger partial charge in [-0.1, -0.05) is 26.7 Å². The van der Waals surface area contributed by atoms with E-state index >= 15 is 0 Å². The Morgan fingerprint density at radius 2 is 1.71 bits per heavy atom. The van der Waals surface area contributed by atoms with E-state index in [4.69, 9.17) is 0 Å². The van der Waals surface area contributed by atoms with Crippen molar-refractivity contribution in [3.05, 3.63) is 0 Å². The maximum atomic E-state index is 12.4. The van der Waals surface area contributed by atoms with Crippen molar-refractivity contribution < 1.29 is 19.5 Å². The molecule has 1 aliphatic carbocycles. The summed E-state index contributed by atoms with van der Waals surface area (Å²) in [6, 6.07) is -1.53. The van der Waals surface area contributed by atoms with Crippen LogP contribution in [0.4, 0.5) is 0 Å². The molecule has 120 valence electrons. The van der Waals surface area contributed by atoms with Crippen LogP contribution >= 0.6 is 0 Å². The van der Waals surface area contributed by atoms with Crippen LogP contribution in [0.2, 0.25) is 0 Å². The average molecular weight is 298 g/mol. The second-order valence-electron chi connectivity index (χ2n) is 6.25. The van der Waals surface area contributed by atoms with Crippen molar-refractivity contribution in [3.63, 3.8) is 0 Å². The van der Waals surface area contributed by atoms with Crippen LogP contribution in [0.25, 0.3) is 0 Å². The molecule has 3 N–H and O–H groups in total. The first-order valence-electron chi connectivity index (χ1n) is 7.61. The third kappa shape index (κ3) is 5.73. The highest BCUT2D eigenvalue weighted by atomic mass is 16.4. The molecule has 0 aromatic heterocycles. The zero-order chi connectivity index (χ0) is 16.0. The van der Waals surface area contributed by atoms with Gasteiger partial charge in [-0.3, -0.25) is 9.59 Å². The van der Waals surface area contributed by atoms with Crippen molar-refractivity contribution in [1.82, 2.24) is 10.6 Å². The summed E-state index contributed by atoms with van der Waals surface area (Å²) in [4.78, 5) is 34.9. The summed E-state index contributed by atoms with van der Waals surface area (Å²) in [5.74, 6) is -1.42. The SMILES string of the molecule is CC(=O)NC(C(=O)N[C@H](CC(C)C)C(=O)O)C1CCCC1. The van der Waals surface area contributed by atoms with Crippen molar-refractivity contribution in [2.75, 3.05) is 0 Å². The Labute approximate surface area is 125 Å². The van der Waals surface area contributed by atoms with E-state index in [0.717, 1.165) is 25.7 Å². The molecular formula is C15H26N2O4. The standard InChI is InChI=1S/C15H26N2O4/c1-9(2)8-12(15(20)21)17-14(19)13(16-10(3)18)11-6-4-5-7-11/h9,11-13H,4-8H2,1-3H3,(H,16,18)(H,17,19)(H,20,21)/t12-,13?/m1/s1. The molecule has 6 heteroatoms. The molecular weight excluding hydrogens is 272 g/mol. The lowest BCUT2D eigenvalue weighted by Crippen LogP contribution is -2.54. The second-order valence-corrected chi connectivity index (χ2v) is 6.25. The van der Waals surface area contributed by atoms with Gasteiger partial charge in [0, 0.05) is 6.92 Å². The van der Waals surface area contributed by atoms with Gasteiger partial charge in [-0.05, 0) is 31.1 Å². The Hall–Kier alpha value is -1.59. The van der Waals surface area contributed by atoms with Gasteiger partial charge >= 0.3 is 5.97 Å². The molecule has 1 aliphatic rings. The molecule has 1 fully saturated rings. The highest BCUT2D eigenvalue weighted by Gasteiger charge is 2.33. The lowest BCUT2D eigenvalue weighted by atomic mass is 9.96. The molecule has 0 spiro atoms. The number of hydrogen-bond acceptors (Lipinski definition) is 3. The Morgan fingerprint density at radius 3 is 2.14 bits per heavy atom. The van der Waals surface area contributed by atoms with E-state index in [2.05, 4.69) is 10.6 Å². The number of amides is 2. The van der Waals surface area contributed by atoms with Gasteiger partial charge in [0.15, 0.2) is 0 Å². The van der Waals surface area contributed by atoms with E-state index in [1.807, 2.05) is 13.8 Å². The van der Waals surface area contributed by atoms with Crippen molar-refractivity contribution in [2.24, 2.45) is 11.8 Å². The van der Waals surface area contributed by atoms with Crippen LogP contribution in [0, 0.1) is 11.8 Å². The van der Waals surface area contributed by atoms with Crippen LogP contribution in [0.15, 0.2) is 0 Å². The van der Waals surface area contributed by atoms with Gasteiger partial charge in [0.05, 0.1) is 0 Å². The minimum Gasteiger partial charge on any atom is -0.480 e. The maximum absolute atomic E-state index is 12.4. The fraction of sp³-hybridized carbons (Fsp3) is 0.800. The van der Waals surface area contributed by atoms with E-state index in [1.165, 1.54) is 6.92 Å². The smallest absolute Gasteiger partial charge is 0.326 e. The summed E-state index contributed by atoms with van der Waals surface area (Å²) in [5, 5.41) is 14.5. The molecule has 1 saturated carbocycles. The molecule has 0 radical (unpaired) electrons. The molecule has 0 aliphatic heterocycles. The highest BCUT2D eigenvalue weighted by molar-refractivity contribution is 5.90. The Morgan fingerprint density at radius 1 is 1.14 bits per heavy atom. The number of nitrogens with one attached hydrogen (secondary N) is 2. The van der Waals surface area contributed by atoms with Gasteiger partial charge in [0.2, 0.25) is 11.8 Å². The van der Waals surface area contributed by atoms with Gasteiger partial charge in [-0.2, -0.15) is 0 Å². The molecule has 0 bridgehead atoms. The number of carbonyl (C=O) groups is 3. The van der Waals surface area contributed by atoms with Gasteiger partial charge in [0.1, 0.15) is 12.1 Å². The lowest BCUT2D eigenvalue weighted by Gasteiger charge is -2.25. The van der Waals surface area contributed by atoms with Crippen LogP contribution < -0.4 is 10.6 Å². The van der Waals surface area contributed by atoms with Crippen molar-refractivity contribution in [2.45, 2.75) is 65.0 Å². The summed E-state index contributed by atoms with van der Waals surface area (Å²) in [5.41, 5.74) is 0. The Bertz CT molecular complexity index is 389. The zero-order valence-corrected chi connectivity index (χ0v) is 13.0. The van der Waals surface area contributed by atoms with Gasteiger partial charge in [-0.15, -0.1) is 0 Å².